The van der Waals surface area contributed by atoms with Crippen LogP contribution in [0.25, 0.3) is 0 Å². The van der Waals surface area contributed by atoms with Crippen molar-refractivity contribution in [3.63, 3.8) is 0 Å². The Balaban J connectivity index is 2.97. The van der Waals surface area contributed by atoms with Gasteiger partial charge in [0.2, 0.25) is 0 Å². The van der Waals surface area contributed by atoms with Crippen LogP contribution in [0.5, 0.6) is 0 Å². The molecule has 0 rings (SSSR count). The molecule has 62 valence electrons. The Morgan fingerprint density at radius 1 is 1.60 bits per heavy atom. The molecule has 1 unspecified atom stereocenters. The molecule has 0 spiro atoms. The molecular formula is C6H15BrO2Si. The molecule has 0 aliphatic rings. The maximum atomic E-state index is 5.41. The predicted octanol–water partition coefficient (Wildman–Crippen LogP) is 1.28. The lowest BCUT2D eigenvalue weighted by atomic mass is 10.7. The number of halogens is 1. The Morgan fingerprint density at radius 3 is 2.80 bits per heavy atom. The molecule has 4 heteroatoms. The lowest BCUT2D eigenvalue weighted by Gasteiger charge is -2.11. The number of ether oxygens (including phenoxy) is 1. The Bertz CT molecular complexity index is 72.8. The van der Waals surface area contributed by atoms with Crippen molar-refractivity contribution >= 4 is 25.7 Å². The Kier molecular flexibility index (Phi) is 8.20. The van der Waals surface area contributed by atoms with E-state index in [0.29, 0.717) is 0 Å². The van der Waals surface area contributed by atoms with Crippen LogP contribution in [-0.4, -0.2) is 28.0 Å². The van der Waals surface area contributed by atoms with Crippen LogP contribution in [0, 0.1) is 0 Å². The molecule has 0 aliphatic carbocycles. The topological polar surface area (TPSA) is 18.5 Å². The maximum absolute atomic E-state index is 5.41. The molecule has 0 fully saturated rings. The summed E-state index contributed by atoms with van der Waals surface area (Å²) in [6, 6.07) is 1.18. The second-order valence-electron chi connectivity index (χ2n) is 1.94. The van der Waals surface area contributed by atoms with Crippen LogP contribution in [0.1, 0.15) is 13.8 Å². The zero-order valence-electron chi connectivity index (χ0n) is 6.60. The van der Waals surface area contributed by atoms with Gasteiger partial charge in [-0.2, -0.15) is 0 Å². The molecule has 0 aromatic rings. The molecule has 0 bridgehead atoms. The van der Waals surface area contributed by atoms with Gasteiger partial charge in [-0.25, -0.2) is 0 Å². The van der Waals surface area contributed by atoms with Crippen molar-refractivity contribution in [3.8, 4) is 0 Å². The van der Waals surface area contributed by atoms with Gasteiger partial charge >= 0.3 is 0 Å². The summed E-state index contributed by atoms with van der Waals surface area (Å²) in [6.07, 6.45) is 0.00992. The highest BCUT2D eigenvalue weighted by molar-refractivity contribution is 9.09. The number of rotatable bonds is 6. The quantitative estimate of drug-likeness (QED) is 0.294. The van der Waals surface area contributed by atoms with E-state index in [2.05, 4.69) is 15.9 Å². The minimum Gasteiger partial charge on any atom is -0.400 e. The zero-order valence-corrected chi connectivity index (χ0v) is 9.60. The fraction of sp³-hybridized carbons (Fsp3) is 1.00. The molecule has 0 radical (unpaired) electrons. The summed E-state index contributed by atoms with van der Waals surface area (Å²) in [5, 5.41) is 1.05. The van der Waals surface area contributed by atoms with E-state index in [-0.39, 0.29) is 16.1 Å². The third-order valence-electron chi connectivity index (χ3n) is 1.03. The molecule has 10 heavy (non-hydrogen) atoms. The molecule has 1 atom stereocenters. The van der Waals surface area contributed by atoms with Crippen molar-refractivity contribution in [2.75, 3.05) is 11.9 Å². The summed E-state index contributed by atoms with van der Waals surface area (Å²) < 4.78 is 10.6. The third kappa shape index (κ3) is 6.73. The zero-order chi connectivity index (χ0) is 7.82. The highest BCUT2D eigenvalue weighted by Crippen LogP contribution is 1.94. The molecule has 0 saturated carbocycles. The SMILES string of the molecule is CCOC(C)O[SiH2]CCBr. The van der Waals surface area contributed by atoms with Crippen LogP contribution in [0.15, 0.2) is 0 Å². The van der Waals surface area contributed by atoms with Gasteiger partial charge in [-0.3, -0.25) is 0 Å². The fourth-order valence-electron chi connectivity index (χ4n) is 0.587. The summed E-state index contributed by atoms with van der Waals surface area (Å²) in [6.45, 7) is 4.67. The van der Waals surface area contributed by atoms with Gasteiger partial charge in [-0.05, 0) is 19.9 Å². The smallest absolute Gasteiger partial charge is 0.165 e. The minimum atomic E-state index is -0.328. The van der Waals surface area contributed by atoms with Crippen LogP contribution in [-0.2, 0) is 9.16 Å². The lowest BCUT2D eigenvalue weighted by molar-refractivity contribution is -0.0604. The van der Waals surface area contributed by atoms with Gasteiger partial charge in [0.15, 0.2) is 9.76 Å². The molecule has 0 N–H and O–H groups in total. The highest BCUT2D eigenvalue weighted by atomic mass is 79.9. The van der Waals surface area contributed by atoms with Crippen molar-refractivity contribution in [3.05, 3.63) is 0 Å². The van der Waals surface area contributed by atoms with Crippen LogP contribution < -0.4 is 0 Å². The van der Waals surface area contributed by atoms with Gasteiger partial charge in [-0.1, -0.05) is 15.9 Å². The maximum Gasteiger partial charge on any atom is 0.165 e. The van der Waals surface area contributed by atoms with E-state index in [4.69, 9.17) is 9.16 Å². The first kappa shape index (κ1) is 10.6. The summed E-state index contributed by atoms with van der Waals surface area (Å²) in [7, 11) is -0.328. The fourth-order valence-corrected chi connectivity index (χ4v) is 1.98. The summed E-state index contributed by atoms with van der Waals surface area (Å²) in [5.41, 5.74) is 0. The molecule has 0 saturated heterocycles. The standard InChI is InChI=1S/C6H15BrO2Si/c1-3-8-6(2)9-10-5-4-7/h6H,3-5,10H2,1-2H3. The first-order valence-electron chi connectivity index (χ1n) is 3.60. The van der Waals surface area contributed by atoms with Crippen molar-refractivity contribution in [1.29, 1.82) is 0 Å². The van der Waals surface area contributed by atoms with Crippen LogP contribution in [0.4, 0.5) is 0 Å². The van der Waals surface area contributed by atoms with Crippen molar-refractivity contribution in [2.45, 2.75) is 26.2 Å². The number of hydrogen-bond acceptors (Lipinski definition) is 2. The van der Waals surface area contributed by atoms with Crippen LogP contribution >= 0.6 is 15.9 Å². The average Bonchev–Trinajstić information content (AvgIpc) is 1.89. The predicted molar refractivity (Wildman–Crippen MR) is 49.3 cm³/mol. The molecule has 2 nitrogen and oxygen atoms in total. The lowest BCUT2D eigenvalue weighted by Crippen LogP contribution is -2.15. The molecular weight excluding hydrogens is 212 g/mol. The Labute approximate surface area is 73.4 Å². The van der Waals surface area contributed by atoms with E-state index in [1.165, 1.54) is 6.04 Å². The molecule has 0 amide bonds. The molecule has 0 aromatic carbocycles. The van der Waals surface area contributed by atoms with Crippen molar-refractivity contribution in [1.82, 2.24) is 0 Å². The highest BCUT2D eigenvalue weighted by Gasteiger charge is 1.98. The first-order chi connectivity index (χ1) is 4.81. The van der Waals surface area contributed by atoms with Crippen LogP contribution in [0.3, 0.4) is 0 Å². The molecule has 0 aliphatic heterocycles. The number of hydrogen-bond donors (Lipinski definition) is 0. The molecule has 0 aromatic heterocycles. The van der Waals surface area contributed by atoms with E-state index in [1.807, 2.05) is 13.8 Å². The van der Waals surface area contributed by atoms with E-state index in [0.717, 1.165) is 11.9 Å². The second-order valence-corrected chi connectivity index (χ2v) is 4.18. The number of alkyl halides is 1. The van der Waals surface area contributed by atoms with Gasteiger partial charge in [0.1, 0.15) is 6.29 Å². The van der Waals surface area contributed by atoms with Gasteiger partial charge in [0, 0.05) is 11.9 Å². The van der Waals surface area contributed by atoms with E-state index < -0.39 is 0 Å². The largest absolute Gasteiger partial charge is 0.400 e. The normalized spacial score (nSPS) is 14.7. The van der Waals surface area contributed by atoms with Gasteiger partial charge in [0.25, 0.3) is 0 Å². The Morgan fingerprint density at radius 2 is 2.30 bits per heavy atom. The summed E-state index contributed by atoms with van der Waals surface area (Å²) in [4.78, 5) is 0. The summed E-state index contributed by atoms with van der Waals surface area (Å²) >= 11 is 3.35. The minimum absolute atomic E-state index is 0.00992. The van der Waals surface area contributed by atoms with Gasteiger partial charge < -0.3 is 9.16 Å². The van der Waals surface area contributed by atoms with Crippen LogP contribution in [0.2, 0.25) is 6.04 Å². The second kappa shape index (κ2) is 7.72. The van der Waals surface area contributed by atoms with Crippen molar-refractivity contribution in [2.24, 2.45) is 0 Å². The first-order valence-corrected chi connectivity index (χ1v) is 6.30. The van der Waals surface area contributed by atoms with Crippen molar-refractivity contribution < 1.29 is 9.16 Å². The molecule has 0 heterocycles. The van der Waals surface area contributed by atoms with Gasteiger partial charge in [-0.15, -0.1) is 0 Å². The average molecular weight is 227 g/mol. The summed E-state index contributed by atoms with van der Waals surface area (Å²) in [5.74, 6) is 0. The van der Waals surface area contributed by atoms with E-state index >= 15 is 0 Å². The van der Waals surface area contributed by atoms with Gasteiger partial charge in [0.05, 0.1) is 0 Å². The Hall–Kier alpha value is 0.617. The monoisotopic (exact) mass is 226 g/mol. The van der Waals surface area contributed by atoms with E-state index in [9.17, 15) is 0 Å². The van der Waals surface area contributed by atoms with E-state index in [1.54, 1.807) is 0 Å². The third-order valence-corrected chi connectivity index (χ3v) is 3.98.